The van der Waals surface area contributed by atoms with E-state index in [0.717, 1.165) is 24.1 Å². The number of thiocarbonyl (C=S) groups is 1. The van der Waals surface area contributed by atoms with Crippen LogP contribution in [0.2, 0.25) is 0 Å². The van der Waals surface area contributed by atoms with Crippen LogP contribution in [0, 0.1) is 6.92 Å². The molecule has 17 heavy (non-hydrogen) atoms. The molecule has 90 valence electrons. The van der Waals surface area contributed by atoms with Gasteiger partial charge in [0, 0.05) is 17.3 Å². The third-order valence-corrected chi connectivity index (χ3v) is 2.77. The molecule has 0 atom stereocenters. The molecule has 0 spiro atoms. The van der Waals surface area contributed by atoms with Crippen molar-refractivity contribution in [3.8, 4) is 0 Å². The summed E-state index contributed by atoms with van der Waals surface area (Å²) in [4.78, 5) is 11.8. The van der Waals surface area contributed by atoms with Crippen LogP contribution < -0.4 is 16.4 Å². The van der Waals surface area contributed by atoms with Crippen LogP contribution in [0.4, 0.5) is 5.69 Å². The summed E-state index contributed by atoms with van der Waals surface area (Å²) in [5.74, 6) is -0.0431. The molecule has 4 N–H and O–H groups in total. The molecule has 0 bridgehead atoms. The van der Waals surface area contributed by atoms with E-state index in [1.54, 1.807) is 12.1 Å². The SMILES string of the molecule is Cc1ccc(C(=O)NC2CC2)cc1NC(N)=S. The van der Waals surface area contributed by atoms with Crippen molar-refractivity contribution in [3.63, 3.8) is 0 Å². The lowest BCUT2D eigenvalue weighted by Crippen LogP contribution is -2.26. The number of nitrogens with two attached hydrogens (primary N) is 1. The summed E-state index contributed by atoms with van der Waals surface area (Å²) in [6.45, 7) is 1.93. The Morgan fingerprint density at radius 1 is 1.47 bits per heavy atom. The number of aryl methyl sites for hydroxylation is 1. The van der Waals surface area contributed by atoms with Crippen molar-refractivity contribution in [2.75, 3.05) is 5.32 Å². The Hall–Kier alpha value is -1.62. The molecule has 0 aliphatic heterocycles. The molecule has 1 fully saturated rings. The maximum Gasteiger partial charge on any atom is 0.251 e. The molecular formula is C12H15N3OS. The monoisotopic (exact) mass is 249 g/mol. The van der Waals surface area contributed by atoms with Crippen molar-refractivity contribution in [3.05, 3.63) is 29.3 Å². The highest BCUT2D eigenvalue weighted by atomic mass is 32.1. The van der Waals surface area contributed by atoms with Crippen molar-refractivity contribution in [2.24, 2.45) is 5.73 Å². The van der Waals surface area contributed by atoms with E-state index < -0.39 is 0 Å². The average Bonchev–Trinajstić information content (AvgIpc) is 3.04. The molecule has 0 aromatic heterocycles. The summed E-state index contributed by atoms with van der Waals surface area (Å²) in [6, 6.07) is 5.81. The molecule has 1 aliphatic carbocycles. The molecule has 0 radical (unpaired) electrons. The highest BCUT2D eigenvalue weighted by molar-refractivity contribution is 7.80. The summed E-state index contributed by atoms with van der Waals surface area (Å²) in [6.07, 6.45) is 2.16. The summed E-state index contributed by atoms with van der Waals surface area (Å²) in [5.41, 5.74) is 7.84. The van der Waals surface area contributed by atoms with Gasteiger partial charge in [-0.05, 0) is 49.7 Å². The molecule has 4 nitrogen and oxygen atoms in total. The predicted molar refractivity (Wildman–Crippen MR) is 72.1 cm³/mol. The second-order valence-electron chi connectivity index (χ2n) is 4.27. The summed E-state index contributed by atoms with van der Waals surface area (Å²) < 4.78 is 0. The van der Waals surface area contributed by atoms with Gasteiger partial charge in [0.1, 0.15) is 0 Å². The maximum absolute atomic E-state index is 11.8. The van der Waals surface area contributed by atoms with Crippen LogP contribution in [0.3, 0.4) is 0 Å². The molecule has 1 aromatic carbocycles. The van der Waals surface area contributed by atoms with E-state index in [1.165, 1.54) is 0 Å². The van der Waals surface area contributed by atoms with E-state index in [1.807, 2.05) is 13.0 Å². The standard InChI is InChI=1S/C12H15N3OS/c1-7-2-3-8(6-10(7)15-12(13)17)11(16)14-9-4-5-9/h2-3,6,9H,4-5H2,1H3,(H,14,16)(H3,13,15,17). The molecule has 1 aromatic rings. The van der Waals surface area contributed by atoms with Crippen molar-refractivity contribution < 1.29 is 4.79 Å². The van der Waals surface area contributed by atoms with Crippen LogP contribution in [-0.4, -0.2) is 17.1 Å². The van der Waals surface area contributed by atoms with E-state index in [0.29, 0.717) is 11.6 Å². The van der Waals surface area contributed by atoms with Gasteiger partial charge in [-0.25, -0.2) is 0 Å². The van der Waals surface area contributed by atoms with Gasteiger partial charge in [0.25, 0.3) is 5.91 Å². The largest absolute Gasteiger partial charge is 0.376 e. The fraction of sp³-hybridized carbons (Fsp3) is 0.333. The third-order valence-electron chi connectivity index (χ3n) is 2.67. The number of hydrogen-bond acceptors (Lipinski definition) is 2. The van der Waals surface area contributed by atoms with Gasteiger partial charge in [-0.2, -0.15) is 0 Å². The Morgan fingerprint density at radius 2 is 2.18 bits per heavy atom. The number of carbonyl (C=O) groups excluding carboxylic acids is 1. The van der Waals surface area contributed by atoms with Crippen LogP contribution in [0.15, 0.2) is 18.2 Å². The van der Waals surface area contributed by atoms with Crippen molar-refractivity contribution in [1.82, 2.24) is 5.32 Å². The summed E-state index contributed by atoms with van der Waals surface area (Å²) >= 11 is 4.79. The minimum atomic E-state index is -0.0431. The van der Waals surface area contributed by atoms with Gasteiger partial charge in [-0.15, -0.1) is 0 Å². The zero-order valence-electron chi connectivity index (χ0n) is 9.62. The van der Waals surface area contributed by atoms with Gasteiger partial charge in [0.15, 0.2) is 5.11 Å². The molecule has 1 saturated carbocycles. The van der Waals surface area contributed by atoms with Crippen LogP contribution in [0.25, 0.3) is 0 Å². The Morgan fingerprint density at radius 3 is 2.76 bits per heavy atom. The lowest BCUT2D eigenvalue weighted by molar-refractivity contribution is 0.0951. The molecule has 1 aliphatic rings. The van der Waals surface area contributed by atoms with Crippen LogP contribution in [-0.2, 0) is 0 Å². The lowest BCUT2D eigenvalue weighted by Gasteiger charge is -2.10. The first-order valence-corrected chi connectivity index (χ1v) is 5.95. The number of rotatable bonds is 3. The van der Waals surface area contributed by atoms with E-state index in [-0.39, 0.29) is 11.0 Å². The smallest absolute Gasteiger partial charge is 0.251 e. The zero-order valence-corrected chi connectivity index (χ0v) is 10.4. The number of carbonyl (C=O) groups is 1. The highest BCUT2D eigenvalue weighted by Gasteiger charge is 2.23. The Bertz CT molecular complexity index is 469. The van der Waals surface area contributed by atoms with E-state index in [4.69, 9.17) is 18.0 Å². The van der Waals surface area contributed by atoms with Gasteiger partial charge in [0.2, 0.25) is 0 Å². The average molecular weight is 249 g/mol. The predicted octanol–water partition coefficient (Wildman–Crippen LogP) is 1.54. The minimum absolute atomic E-state index is 0.0431. The first-order chi connectivity index (χ1) is 8.06. The topological polar surface area (TPSA) is 67.2 Å². The number of benzene rings is 1. The molecule has 0 heterocycles. The number of amides is 1. The minimum Gasteiger partial charge on any atom is -0.376 e. The van der Waals surface area contributed by atoms with Crippen LogP contribution >= 0.6 is 12.2 Å². The lowest BCUT2D eigenvalue weighted by atomic mass is 10.1. The van der Waals surface area contributed by atoms with Crippen molar-refractivity contribution >= 4 is 28.9 Å². The molecule has 0 saturated heterocycles. The summed E-state index contributed by atoms with van der Waals surface area (Å²) in [5, 5.41) is 6.01. The molecule has 2 rings (SSSR count). The van der Waals surface area contributed by atoms with Gasteiger partial charge in [0.05, 0.1) is 0 Å². The quantitative estimate of drug-likeness (QED) is 0.711. The van der Waals surface area contributed by atoms with Gasteiger partial charge >= 0.3 is 0 Å². The second-order valence-corrected chi connectivity index (χ2v) is 4.71. The molecule has 1 amide bonds. The normalized spacial score (nSPS) is 14.2. The molecule has 5 heteroatoms. The first-order valence-electron chi connectivity index (χ1n) is 5.54. The second kappa shape index (κ2) is 4.71. The van der Waals surface area contributed by atoms with Crippen molar-refractivity contribution in [1.29, 1.82) is 0 Å². The number of nitrogens with one attached hydrogen (secondary N) is 2. The number of hydrogen-bond donors (Lipinski definition) is 3. The molecule has 0 unspecified atom stereocenters. The van der Waals surface area contributed by atoms with E-state index in [2.05, 4.69) is 10.6 Å². The highest BCUT2D eigenvalue weighted by Crippen LogP contribution is 2.21. The fourth-order valence-corrected chi connectivity index (χ4v) is 1.64. The maximum atomic E-state index is 11.8. The number of anilines is 1. The van der Waals surface area contributed by atoms with E-state index in [9.17, 15) is 4.79 Å². The summed E-state index contributed by atoms with van der Waals surface area (Å²) in [7, 11) is 0. The van der Waals surface area contributed by atoms with Gasteiger partial charge in [-0.1, -0.05) is 6.07 Å². The molecular weight excluding hydrogens is 234 g/mol. The zero-order chi connectivity index (χ0) is 12.4. The van der Waals surface area contributed by atoms with Gasteiger partial charge < -0.3 is 16.4 Å². The van der Waals surface area contributed by atoms with E-state index >= 15 is 0 Å². The fourth-order valence-electron chi connectivity index (χ4n) is 1.53. The first kappa shape index (κ1) is 11.9. The van der Waals surface area contributed by atoms with Gasteiger partial charge in [-0.3, -0.25) is 4.79 Å². The van der Waals surface area contributed by atoms with Crippen molar-refractivity contribution in [2.45, 2.75) is 25.8 Å². The Balaban J connectivity index is 2.16. The Labute approximate surface area is 106 Å². The van der Waals surface area contributed by atoms with Crippen LogP contribution in [0.5, 0.6) is 0 Å². The third kappa shape index (κ3) is 3.17. The Kier molecular flexibility index (Phi) is 3.28. The van der Waals surface area contributed by atoms with Crippen LogP contribution in [0.1, 0.15) is 28.8 Å².